The first-order chi connectivity index (χ1) is 7.19. The molecule has 1 aliphatic rings. The van der Waals surface area contributed by atoms with Crippen molar-refractivity contribution < 1.29 is 23.8 Å². The van der Waals surface area contributed by atoms with E-state index in [0.29, 0.717) is 0 Å². The Morgan fingerprint density at radius 3 is 1.87 bits per heavy atom. The second kappa shape index (κ2) is 5.74. The molecule has 0 amide bonds. The van der Waals surface area contributed by atoms with Crippen molar-refractivity contribution in [3.63, 3.8) is 0 Å². The molecule has 0 aromatic heterocycles. The van der Waals surface area contributed by atoms with Gasteiger partial charge in [-0.25, -0.2) is 5.90 Å². The first-order valence-corrected chi connectivity index (χ1v) is 4.79. The van der Waals surface area contributed by atoms with E-state index in [1.165, 1.54) is 0 Å². The second-order valence-corrected chi connectivity index (χ2v) is 3.45. The minimum atomic E-state index is -0.638. The van der Waals surface area contributed by atoms with E-state index in [-0.39, 0.29) is 18.3 Å². The molecular formula is C9H19NO5. The molecular weight excluding hydrogens is 202 g/mol. The highest BCUT2D eigenvalue weighted by Crippen LogP contribution is 2.26. The number of rotatable bonds is 4. The summed E-state index contributed by atoms with van der Waals surface area (Å²) in [7, 11) is 4.75. The van der Waals surface area contributed by atoms with Crippen LogP contribution in [0.5, 0.6) is 0 Å². The molecule has 90 valence electrons. The Balaban J connectivity index is 2.80. The highest BCUT2D eigenvalue weighted by molar-refractivity contribution is 4.90. The predicted molar refractivity (Wildman–Crippen MR) is 52.0 cm³/mol. The summed E-state index contributed by atoms with van der Waals surface area (Å²) in [5.41, 5.74) is 0. The molecule has 0 aliphatic carbocycles. The van der Waals surface area contributed by atoms with Crippen molar-refractivity contribution in [1.82, 2.24) is 0 Å². The van der Waals surface area contributed by atoms with Gasteiger partial charge >= 0.3 is 0 Å². The molecule has 15 heavy (non-hydrogen) atoms. The molecule has 1 aliphatic heterocycles. The summed E-state index contributed by atoms with van der Waals surface area (Å²) < 4.78 is 21.4. The van der Waals surface area contributed by atoms with Crippen LogP contribution in [0.25, 0.3) is 0 Å². The quantitative estimate of drug-likeness (QED) is 0.655. The van der Waals surface area contributed by atoms with Crippen LogP contribution in [-0.4, -0.2) is 52.0 Å². The topological polar surface area (TPSA) is 72.2 Å². The zero-order chi connectivity index (χ0) is 11.4. The maximum Gasteiger partial charge on any atom is 0.206 e. The number of ether oxygens (including phenoxy) is 4. The van der Waals surface area contributed by atoms with Gasteiger partial charge in [-0.15, -0.1) is 0 Å². The first kappa shape index (κ1) is 12.8. The lowest BCUT2D eigenvalue weighted by atomic mass is 9.99. The van der Waals surface area contributed by atoms with Gasteiger partial charge < -0.3 is 18.9 Å². The Hall–Kier alpha value is -0.240. The van der Waals surface area contributed by atoms with Gasteiger partial charge in [-0.05, 0) is 6.92 Å². The Bertz CT molecular complexity index is 191. The zero-order valence-corrected chi connectivity index (χ0v) is 9.51. The van der Waals surface area contributed by atoms with Gasteiger partial charge in [0.1, 0.15) is 18.3 Å². The molecule has 1 saturated heterocycles. The van der Waals surface area contributed by atoms with Gasteiger partial charge in [0.15, 0.2) is 0 Å². The highest BCUT2D eigenvalue weighted by Gasteiger charge is 2.45. The number of nitrogens with two attached hydrogens (primary N) is 1. The third-order valence-electron chi connectivity index (χ3n) is 2.68. The third-order valence-corrected chi connectivity index (χ3v) is 2.68. The predicted octanol–water partition coefficient (Wildman–Crippen LogP) is -0.333. The van der Waals surface area contributed by atoms with Crippen LogP contribution in [0.2, 0.25) is 0 Å². The summed E-state index contributed by atoms with van der Waals surface area (Å²) in [6.07, 6.45) is -1.67. The molecule has 1 rings (SSSR count). The van der Waals surface area contributed by atoms with Gasteiger partial charge in [0.25, 0.3) is 0 Å². The lowest BCUT2D eigenvalue weighted by molar-refractivity contribution is -0.306. The lowest BCUT2D eigenvalue weighted by Gasteiger charge is -2.42. The van der Waals surface area contributed by atoms with Crippen LogP contribution < -0.4 is 5.90 Å². The summed E-state index contributed by atoms with van der Waals surface area (Å²) in [4.78, 5) is 4.71. The van der Waals surface area contributed by atoms with Crippen molar-refractivity contribution in [2.24, 2.45) is 5.90 Å². The first-order valence-electron chi connectivity index (χ1n) is 4.79. The van der Waals surface area contributed by atoms with Crippen molar-refractivity contribution in [3.05, 3.63) is 0 Å². The van der Waals surface area contributed by atoms with E-state index in [1.807, 2.05) is 6.92 Å². The van der Waals surface area contributed by atoms with Crippen LogP contribution in [0, 0.1) is 0 Å². The average molecular weight is 221 g/mol. The fourth-order valence-corrected chi connectivity index (χ4v) is 1.92. The molecule has 6 nitrogen and oxygen atoms in total. The molecule has 0 saturated carbocycles. The highest BCUT2D eigenvalue weighted by atomic mass is 16.8. The van der Waals surface area contributed by atoms with E-state index in [4.69, 9.17) is 29.7 Å². The van der Waals surface area contributed by atoms with E-state index in [0.717, 1.165) is 0 Å². The molecule has 6 heteroatoms. The standard InChI is InChI=1S/C9H19NO5/c1-5-6(11-2)7(12-3)8(13-4)9(14-5)15-10/h5-9H,10H2,1-4H3/t5-,6-,7-,8+,9-/m0/s1. The van der Waals surface area contributed by atoms with Gasteiger partial charge in [-0.2, -0.15) is 0 Å². The van der Waals surface area contributed by atoms with Crippen LogP contribution in [0.1, 0.15) is 6.92 Å². The molecule has 5 atom stereocenters. The monoisotopic (exact) mass is 221 g/mol. The molecule has 0 spiro atoms. The maximum atomic E-state index is 5.50. The average Bonchev–Trinajstić information content (AvgIpc) is 2.27. The smallest absolute Gasteiger partial charge is 0.206 e. The van der Waals surface area contributed by atoms with Gasteiger partial charge in [0.05, 0.1) is 6.10 Å². The Morgan fingerprint density at radius 1 is 0.933 bits per heavy atom. The maximum absolute atomic E-state index is 5.50. The molecule has 0 unspecified atom stereocenters. The largest absolute Gasteiger partial charge is 0.376 e. The summed E-state index contributed by atoms with van der Waals surface area (Å²) in [6, 6.07) is 0. The molecule has 0 aromatic carbocycles. The third kappa shape index (κ3) is 2.47. The summed E-state index contributed by atoms with van der Waals surface area (Å²) in [5.74, 6) is 5.13. The van der Waals surface area contributed by atoms with E-state index in [1.54, 1.807) is 21.3 Å². The normalized spacial score (nSPS) is 41.8. The number of methoxy groups -OCH3 is 3. The van der Waals surface area contributed by atoms with Gasteiger partial charge in [0.2, 0.25) is 6.29 Å². The second-order valence-electron chi connectivity index (χ2n) is 3.45. The molecule has 0 aromatic rings. The summed E-state index contributed by atoms with van der Waals surface area (Å²) in [5, 5.41) is 0. The van der Waals surface area contributed by atoms with E-state index >= 15 is 0 Å². The Kier molecular flexibility index (Phi) is 4.91. The fourth-order valence-electron chi connectivity index (χ4n) is 1.92. The number of hydrogen-bond donors (Lipinski definition) is 1. The Labute approximate surface area is 89.5 Å². The van der Waals surface area contributed by atoms with Crippen LogP contribution in [-0.2, 0) is 23.8 Å². The Morgan fingerprint density at radius 2 is 1.47 bits per heavy atom. The summed E-state index contributed by atoms with van der Waals surface area (Å²) in [6.45, 7) is 1.87. The SMILES string of the molecule is CO[C@H]1[C@@H](OC)[C@H](C)O[C@@H](ON)[C@@H]1OC. The minimum absolute atomic E-state index is 0.167. The summed E-state index contributed by atoms with van der Waals surface area (Å²) >= 11 is 0. The van der Waals surface area contributed by atoms with Crippen LogP contribution in [0.3, 0.4) is 0 Å². The van der Waals surface area contributed by atoms with Gasteiger partial charge in [-0.3, -0.25) is 4.84 Å². The lowest BCUT2D eigenvalue weighted by Crippen LogP contribution is -2.59. The zero-order valence-electron chi connectivity index (χ0n) is 9.51. The molecule has 0 bridgehead atoms. The van der Waals surface area contributed by atoms with Crippen LogP contribution in [0.15, 0.2) is 0 Å². The number of hydrogen-bond acceptors (Lipinski definition) is 6. The fraction of sp³-hybridized carbons (Fsp3) is 1.00. The molecule has 1 heterocycles. The van der Waals surface area contributed by atoms with Crippen LogP contribution in [0.4, 0.5) is 0 Å². The van der Waals surface area contributed by atoms with Gasteiger partial charge in [0, 0.05) is 21.3 Å². The van der Waals surface area contributed by atoms with Crippen molar-refractivity contribution >= 4 is 0 Å². The minimum Gasteiger partial charge on any atom is -0.376 e. The molecule has 2 N–H and O–H groups in total. The molecule has 0 radical (unpaired) electrons. The molecule has 1 fully saturated rings. The van der Waals surface area contributed by atoms with Crippen molar-refractivity contribution in [3.8, 4) is 0 Å². The van der Waals surface area contributed by atoms with Crippen molar-refractivity contribution in [2.45, 2.75) is 37.6 Å². The van der Waals surface area contributed by atoms with E-state index in [9.17, 15) is 0 Å². The van der Waals surface area contributed by atoms with Gasteiger partial charge in [-0.1, -0.05) is 0 Å². The van der Waals surface area contributed by atoms with E-state index in [2.05, 4.69) is 0 Å². The van der Waals surface area contributed by atoms with Crippen molar-refractivity contribution in [1.29, 1.82) is 0 Å². The van der Waals surface area contributed by atoms with Crippen molar-refractivity contribution in [2.75, 3.05) is 21.3 Å². The van der Waals surface area contributed by atoms with E-state index < -0.39 is 12.4 Å². The van der Waals surface area contributed by atoms with Crippen LogP contribution >= 0.6 is 0 Å².